The van der Waals surface area contributed by atoms with E-state index in [1.165, 1.54) is 0 Å². The Morgan fingerprint density at radius 1 is 1.40 bits per heavy atom. The number of amides is 1. The molecule has 0 N–H and O–H groups in total. The van der Waals surface area contributed by atoms with Crippen molar-refractivity contribution in [3.8, 4) is 0 Å². The number of nitrogens with zero attached hydrogens (tertiary/aromatic N) is 3. The fourth-order valence-electron chi connectivity index (χ4n) is 3.41. The average Bonchev–Trinajstić information content (AvgIpc) is 3.33. The lowest BCUT2D eigenvalue weighted by Gasteiger charge is -2.16. The van der Waals surface area contributed by atoms with Gasteiger partial charge in [0.25, 0.3) is 5.91 Å². The zero-order valence-corrected chi connectivity index (χ0v) is 15.0. The highest BCUT2D eigenvalue weighted by molar-refractivity contribution is 7.16. The van der Waals surface area contributed by atoms with Gasteiger partial charge in [-0.25, -0.2) is 4.98 Å². The van der Waals surface area contributed by atoms with Gasteiger partial charge in [-0.1, -0.05) is 5.16 Å². The van der Waals surface area contributed by atoms with Gasteiger partial charge in [0.05, 0.1) is 27.5 Å². The molecule has 1 aliphatic rings. The van der Waals surface area contributed by atoms with Gasteiger partial charge in [-0.05, 0) is 25.1 Å². The van der Waals surface area contributed by atoms with Gasteiger partial charge in [-0.15, -0.1) is 11.3 Å². The number of fused-ring (bicyclic) bond motifs is 1. The second kappa shape index (κ2) is 6.57. The van der Waals surface area contributed by atoms with Gasteiger partial charge < -0.3 is 14.2 Å². The maximum atomic E-state index is 12.9. The number of hydrogen-bond acceptors (Lipinski definition) is 6. The first kappa shape index (κ1) is 16.2. The maximum absolute atomic E-state index is 12.9. The molecular formula is C18H19N3O3S. The molecule has 0 bridgehead atoms. The Hall–Kier alpha value is -2.25. The molecular weight excluding hydrogens is 338 g/mol. The molecule has 6 nitrogen and oxygen atoms in total. The number of benzene rings is 1. The van der Waals surface area contributed by atoms with Crippen molar-refractivity contribution in [2.75, 3.05) is 20.2 Å². The third-order valence-electron chi connectivity index (χ3n) is 4.69. The molecule has 7 heteroatoms. The van der Waals surface area contributed by atoms with Crippen molar-refractivity contribution in [1.29, 1.82) is 0 Å². The van der Waals surface area contributed by atoms with E-state index in [1.54, 1.807) is 24.0 Å². The summed E-state index contributed by atoms with van der Waals surface area (Å²) in [6.45, 7) is 3.15. The van der Waals surface area contributed by atoms with Crippen LogP contribution in [0.3, 0.4) is 0 Å². The normalized spacial score (nSPS) is 20.5. The quantitative estimate of drug-likeness (QED) is 0.718. The minimum Gasteiger partial charge on any atom is -0.379 e. The van der Waals surface area contributed by atoms with Crippen molar-refractivity contribution in [2.45, 2.75) is 19.4 Å². The molecule has 2 atom stereocenters. The summed E-state index contributed by atoms with van der Waals surface area (Å²) < 4.78 is 12.0. The van der Waals surface area contributed by atoms with Crippen molar-refractivity contribution < 1.29 is 14.1 Å². The summed E-state index contributed by atoms with van der Waals surface area (Å²) in [5.41, 5.74) is 4.29. The predicted octanol–water partition coefficient (Wildman–Crippen LogP) is 2.92. The number of hydrogen-bond donors (Lipinski definition) is 0. The van der Waals surface area contributed by atoms with Crippen molar-refractivity contribution >= 4 is 27.5 Å². The minimum atomic E-state index is 0.00138. The number of methoxy groups -OCH3 is 1. The number of aromatic nitrogens is 2. The van der Waals surface area contributed by atoms with E-state index in [2.05, 4.69) is 10.1 Å². The number of likely N-dealkylation sites (tertiary alicyclic amines) is 1. The summed E-state index contributed by atoms with van der Waals surface area (Å²) in [7, 11) is 1.70. The summed E-state index contributed by atoms with van der Waals surface area (Å²) >= 11 is 1.55. The minimum absolute atomic E-state index is 0.00138. The highest BCUT2D eigenvalue weighted by Gasteiger charge is 2.36. The Morgan fingerprint density at radius 3 is 3.04 bits per heavy atom. The first-order valence-corrected chi connectivity index (χ1v) is 9.09. The highest BCUT2D eigenvalue weighted by Crippen LogP contribution is 2.26. The number of rotatable bonds is 4. The van der Waals surface area contributed by atoms with Gasteiger partial charge in [0.1, 0.15) is 5.76 Å². The van der Waals surface area contributed by atoms with E-state index in [1.807, 2.05) is 36.1 Å². The molecule has 0 saturated carbocycles. The SMILES string of the molecule is CO[C@H]1CN(C(=O)c2ccc3ncsc3c2)C[C@H]1Cc1cc(C)no1. The summed E-state index contributed by atoms with van der Waals surface area (Å²) in [5.74, 6) is 1.08. The van der Waals surface area contributed by atoms with Gasteiger partial charge in [0.2, 0.25) is 0 Å². The topological polar surface area (TPSA) is 68.5 Å². The van der Waals surface area contributed by atoms with Crippen LogP contribution in [0.5, 0.6) is 0 Å². The smallest absolute Gasteiger partial charge is 0.254 e. The summed E-state index contributed by atoms with van der Waals surface area (Å²) in [5, 5.41) is 3.93. The second-order valence-corrected chi connectivity index (χ2v) is 7.30. The third kappa shape index (κ3) is 3.17. The molecule has 4 rings (SSSR count). The molecule has 0 radical (unpaired) electrons. The molecule has 0 unspecified atom stereocenters. The monoisotopic (exact) mass is 357 g/mol. The number of aryl methyl sites for hydroxylation is 1. The van der Waals surface area contributed by atoms with E-state index in [0.29, 0.717) is 18.7 Å². The number of ether oxygens (including phenoxy) is 1. The molecule has 1 aromatic carbocycles. The lowest BCUT2D eigenvalue weighted by atomic mass is 10.0. The van der Waals surface area contributed by atoms with Crippen LogP contribution in [-0.2, 0) is 11.2 Å². The van der Waals surface area contributed by atoms with Crippen LogP contribution >= 0.6 is 11.3 Å². The second-order valence-electron chi connectivity index (χ2n) is 6.42. The molecule has 3 heterocycles. The Balaban J connectivity index is 1.51. The van der Waals surface area contributed by atoms with Crippen molar-refractivity contribution in [1.82, 2.24) is 15.0 Å². The lowest BCUT2D eigenvalue weighted by molar-refractivity contribution is 0.0672. The highest BCUT2D eigenvalue weighted by atomic mass is 32.1. The van der Waals surface area contributed by atoms with Gasteiger partial charge in [-0.2, -0.15) is 0 Å². The number of carbonyl (C=O) groups excluding carboxylic acids is 1. The number of carbonyl (C=O) groups is 1. The third-order valence-corrected chi connectivity index (χ3v) is 5.48. The van der Waals surface area contributed by atoms with Gasteiger partial charge in [0, 0.05) is 44.2 Å². The van der Waals surface area contributed by atoms with E-state index in [4.69, 9.17) is 9.26 Å². The van der Waals surface area contributed by atoms with Crippen LogP contribution in [0.15, 0.2) is 34.3 Å². The first-order valence-electron chi connectivity index (χ1n) is 8.21. The summed E-state index contributed by atoms with van der Waals surface area (Å²) in [6.07, 6.45) is 0.721. The standard InChI is InChI=1S/C18H19N3O3S/c1-11-5-14(24-20-11)6-13-8-21(9-16(13)23-2)18(22)12-3-4-15-17(7-12)25-10-19-15/h3-5,7,10,13,16H,6,8-9H2,1-2H3/t13-,16+/m1/s1. The molecule has 25 heavy (non-hydrogen) atoms. The first-order chi connectivity index (χ1) is 12.1. The van der Waals surface area contributed by atoms with E-state index < -0.39 is 0 Å². The maximum Gasteiger partial charge on any atom is 0.254 e. The summed E-state index contributed by atoms with van der Waals surface area (Å²) in [4.78, 5) is 19.0. The Labute approximate surface area is 149 Å². The molecule has 1 saturated heterocycles. The Bertz CT molecular complexity index is 904. The fourth-order valence-corrected chi connectivity index (χ4v) is 4.13. The van der Waals surface area contributed by atoms with Crippen molar-refractivity contribution in [3.63, 3.8) is 0 Å². The van der Waals surface area contributed by atoms with Crippen molar-refractivity contribution in [3.05, 3.63) is 46.8 Å². The predicted molar refractivity (Wildman–Crippen MR) is 94.8 cm³/mol. The molecule has 3 aromatic rings. The summed E-state index contributed by atoms with van der Waals surface area (Å²) in [6, 6.07) is 7.61. The van der Waals surface area contributed by atoms with Crippen LogP contribution in [0.25, 0.3) is 10.2 Å². The van der Waals surface area contributed by atoms with Gasteiger partial charge in [0.15, 0.2) is 0 Å². The lowest BCUT2D eigenvalue weighted by Crippen LogP contribution is -2.29. The van der Waals surface area contributed by atoms with E-state index in [9.17, 15) is 4.79 Å². The van der Waals surface area contributed by atoms with Crippen LogP contribution in [0.1, 0.15) is 21.8 Å². The van der Waals surface area contributed by atoms with E-state index >= 15 is 0 Å². The molecule has 1 fully saturated rings. The van der Waals surface area contributed by atoms with Crippen molar-refractivity contribution in [2.24, 2.45) is 5.92 Å². The molecule has 130 valence electrons. The van der Waals surface area contributed by atoms with Crippen LogP contribution in [0, 0.1) is 12.8 Å². The van der Waals surface area contributed by atoms with Gasteiger partial charge >= 0.3 is 0 Å². The molecule has 2 aromatic heterocycles. The molecule has 0 aliphatic carbocycles. The van der Waals surface area contributed by atoms with Crippen LogP contribution in [0.4, 0.5) is 0 Å². The fraction of sp³-hybridized carbons (Fsp3) is 0.389. The molecule has 1 aliphatic heterocycles. The zero-order valence-electron chi connectivity index (χ0n) is 14.1. The zero-order chi connectivity index (χ0) is 17.4. The number of thiazole rings is 1. The average molecular weight is 357 g/mol. The van der Waals surface area contributed by atoms with Crippen LogP contribution < -0.4 is 0 Å². The van der Waals surface area contributed by atoms with Gasteiger partial charge in [-0.3, -0.25) is 4.79 Å². The van der Waals surface area contributed by atoms with E-state index in [0.717, 1.165) is 28.1 Å². The van der Waals surface area contributed by atoms with Crippen LogP contribution in [-0.4, -0.2) is 47.3 Å². The Kier molecular flexibility index (Phi) is 4.27. The van der Waals surface area contributed by atoms with Crippen LogP contribution in [0.2, 0.25) is 0 Å². The molecule has 1 amide bonds. The van der Waals surface area contributed by atoms with E-state index in [-0.39, 0.29) is 17.9 Å². The largest absolute Gasteiger partial charge is 0.379 e. The Morgan fingerprint density at radius 2 is 2.28 bits per heavy atom. The molecule has 0 spiro atoms.